The highest BCUT2D eigenvalue weighted by atomic mass is 16.6. The van der Waals surface area contributed by atoms with Crippen LogP contribution in [-0.4, -0.2) is 77.9 Å². The molecule has 1 aromatic heterocycles. The van der Waals surface area contributed by atoms with E-state index in [1.165, 1.54) is 6.42 Å². The van der Waals surface area contributed by atoms with Crippen LogP contribution in [0.2, 0.25) is 0 Å². The number of ether oxygens (including phenoxy) is 1. The Morgan fingerprint density at radius 3 is 2.54 bits per heavy atom. The van der Waals surface area contributed by atoms with E-state index in [2.05, 4.69) is 20.1 Å². The summed E-state index contributed by atoms with van der Waals surface area (Å²) in [6.45, 7) is 3.76. The summed E-state index contributed by atoms with van der Waals surface area (Å²) in [5.74, 6) is 0.497. The largest absolute Gasteiger partial charge is 0.384 e. The van der Waals surface area contributed by atoms with Crippen LogP contribution in [0.3, 0.4) is 0 Å². The lowest BCUT2D eigenvalue weighted by atomic mass is 10.1. The van der Waals surface area contributed by atoms with Crippen molar-refractivity contribution in [2.24, 2.45) is 5.16 Å². The number of hydrogen-bond donors (Lipinski definition) is 1. The first-order valence-electron chi connectivity index (χ1n) is 8.14. The third-order valence-electron chi connectivity index (χ3n) is 4.08. The summed E-state index contributed by atoms with van der Waals surface area (Å²) in [4.78, 5) is 21.1. The molecule has 1 aromatic rings. The molecule has 2 aliphatic rings. The van der Waals surface area contributed by atoms with E-state index in [0.29, 0.717) is 37.8 Å². The van der Waals surface area contributed by atoms with E-state index in [-0.39, 0.29) is 18.3 Å². The number of anilines is 1. The first-order valence-corrected chi connectivity index (χ1v) is 8.14. The number of nitrogens with zero attached hydrogens (tertiary/aromatic N) is 5. The van der Waals surface area contributed by atoms with Crippen LogP contribution >= 0.6 is 0 Å². The molecule has 0 bridgehead atoms. The number of hydrogen-bond acceptors (Lipinski definition) is 8. The summed E-state index contributed by atoms with van der Waals surface area (Å²) < 4.78 is 9.89. The lowest BCUT2D eigenvalue weighted by Crippen LogP contribution is -2.42. The third kappa shape index (κ3) is 3.94. The fraction of sp³-hybridized carbons (Fsp3) is 0.714. The van der Waals surface area contributed by atoms with Gasteiger partial charge in [0.05, 0.1) is 13.2 Å². The molecule has 132 valence electrons. The Bertz CT molecular complexity index is 578. The van der Waals surface area contributed by atoms with Crippen LogP contribution in [-0.2, 0) is 14.4 Å². The van der Waals surface area contributed by atoms with E-state index in [1.54, 1.807) is 4.90 Å². The molecule has 2 saturated heterocycles. The van der Waals surface area contributed by atoms with Gasteiger partial charge in [0.1, 0.15) is 0 Å². The Morgan fingerprint density at radius 2 is 1.88 bits per heavy atom. The van der Waals surface area contributed by atoms with Crippen LogP contribution in [0.25, 0.3) is 0 Å². The summed E-state index contributed by atoms with van der Waals surface area (Å²) >= 11 is 0. The molecule has 2 fully saturated rings. The molecule has 24 heavy (non-hydrogen) atoms. The van der Waals surface area contributed by atoms with E-state index < -0.39 is 0 Å². The zero-order valence-corrected chi connectivity index (χ0v) is 13.5. The highest BCUT2D eigenvalue weighted by Crippen LogP contribution is 2.16. The zero-order chi connectivity index (χ0) is 16.8. The monoisotopic (exact) mass is 338 g/mol. The molecule has 0 aromatic carbocycles. The molecule has 0 unspecified atom stereocenters. The minimum atomic E-state index is -0.136. The maximum Gasteiger partial charge on any atom is 0.263 e. The maximum atomic E-state index is 12.1. The number of carbonyl (C=O) groups is 1. The van der Waals surface area contributed by atoms with Crippen molar-refractivity contribution in [2.75, 3.05) is 51.7 Å². The molecule has 2 aliphatic heterocycles. The number of rotatable bonds is 4. The summed E-state index contributed by atoms with van der Waals surface area (Å²) in [6, 6.07) is 0. The molecule has 0 spiro atoms. The van der Waals surface area contributed by atoms with Crippen molar-refractivity contribution in [3.05, 3.63) is 5.69 Å². The number of likely N-dealkylation sites (tertiary alicyclic amines) is 1. The number of nitrogens with two attached hydrogens (primary N) is 1. The Hall–Kier alpha value is -2.36. The molecule has 3 rings (SSSR count). The van der Waals surface area contributed by atoms with Gasteiger partial charge in [-0.3, -0.25) is 4.79 Å². The van der Waals surface area contributed by atoms with Gasteiger partial charge in [0.15, 0.2) is 18.1 Å². The second kappa shape index (κ2) is 7.95. The Kier molecular flexibility index (Phi) is 5.47. The van der Waals surface area contributed by atoms with E-state index >= 15 is 0 Å². The van der Waals surface area contributed by atoms with Crippen LogP contribution in [0.15, 0.2) is 9.78 Å². The van der Waals surface area contributed by atoms with Gasteiger partial charge in [0.25, 0.3) is 5.91 Å². The number of carbonyl (C=O) groups excluding carboxylic acids is 1. The number of morpholine rings is 1. The minimum absolute atomic E-state index is 0.119. The smallest absolute Gasteiger partial charge is 0.263 e. The zero-order valence-electron chi connectivity index (χ0n) is 13.5. The van der Waals surface area contributed by atoms with Gasteiger partial charge >= 0.3 is 0 Å². The molecule has 0 aliphatic carbocycles. The maximum absolute atomic E-state index is 12.1. The highest BCUT2D eigenvalue weighted by Gasteiger charge is 2.24. The quantitative estimate of drug-likeness (QED) is 0.450. The fourth-order valence-electron chi connectivity index (χ4n) is 2.76. The van der Waals surface area contributed by atoms with Gasteiger partial charge in [-0.2, -0.15) is 0 Å². The van der Waals surface area contributed by atoms with Crippen molar-refractivity contribution in [3.63, 3.8) is 0 Å². The van der Waals surface area contributed by atoms with Gasteiger partial charge in [0, 0.05) is 26.2 Å². The van der Waals surface area contributed by atoms with Crippen molar-refractivity contribution in [2.45, 2.75) is 19.3 Å². The molecule has 10 nitrogen and oxygen atoms in total. The van der Waals surface area contributed by atoms with Gasteiger partial charge in [-0.1, -0.05) is 5.16 Å². The van der Waals surface area contributed by atoms with Crippen molar-refractivity contribution in [1.82, 2.24) is 20.1 Å². The SMILES string of the molecule is Nc1nonc1/C(=N\OCC(=O)N1CCOCC1)N1CCCCC1. The van der Waals surface area contributed by atoms with Crippen LogP contribution in [0, 0.1) is 0 Å². The Morgan fingerprint density at radius 1 is 1.12 bits per heavy atom. The molecule has 0 atom stereocenters. The Balaban J connectivity index is 1.65. The second-order valence-electron chi connectivity index (χ2n) is 5.73. The number of amidine groups is 1. The topological polar surface area (TPSA) is 119 Å². The van der Waals surface area contributed by atoms with Crippen LogP contribution in [0.5, 0.6) is 0 Å². The van der Waals surface area contributed by atoms with Crippen molar-refractivity contribution < 1.29 is 19.0 Å². The summed E-state index contributed by atoms with van der Waals surface area (Å²) in [7, 11) is 0. The molecular weight excluding hydrogens is 316 g/mol. The number of amides is 1. The van der Waals surface area contributed by atoms with Gasteiger partial charge < -0.3 is 25.1 Å². The van der Waals surface area contributed by atoms with E-state index in [4.69, 9.17) is 15.3 Å². The van der Waals surface area contributed by atoms with Crippen molar-refractivity contribution in [3.8, 4) is 0 Å². The first-order chi connectivity index (χ1) is 11.8. The normalized spacial score (nSPS) is 19.4. The van der Waals surface area contributed by atoms with E-state index in [0.717, 1.165) is 25.9 Å². The minimum Gasteiger partial charge on any atom is -0.384 e. The van der Waals surface area contributed by atoms with Crippen molar-refractivity contribution >= 4 is 17.6 Å². The lowest BCUT2D eigenvalue weighted by molar-refractivity contribution is -0.140. The average Bonchev–Trinajstić information content (AvgIpc) is 3.06. The summed E-state index contributed by atoms with van der Waals surface area (Å²) in [6.07, 6.45) is 3.28. The van der Waals surface area contributed by atoms with Gasteiger partial charge in [-0.25, -0.2) is 4.63 Å². The van der Waals surface area contributed by atoms with Gasteiger partial charge in [-0.15, -0.1) is 0 Å². The van der Waals surface area contributed by atoms with Crippen LogP contribution in [0.4, 0.5) is 5.82 Å². The molecule has 2 N–H and O–H groups in total. The molecule has 10 heteroatoms. The predicted octanol–water partition coefficient (Wildman–Crippen LogP) is -0.325. The summed E-state index contributed by atoms with van der Waals surface area (Å²) in [5.41, 5.74) is 6.12. The second-order valence-corrected chi connectivity index (χ2v) is 5.73. The Labute approximate surface area is 139 Å². The highest BCUT2D eigenvalue weighted by molar-refractivity contribution is 6.00. The van der Waals surface area contributed by atoms with Crippen molar-refractivity contribution in [1.29, 1.82) is 0 Å². The lowest BCUT2D eigenvalue weighted by Gasteiger charge is -2.28. The first kappa shape index (κ1) is 16.5. The number of piperidine rings is 1. The van der Waals surface area contributed by atoms with Crippen LogP contribution < -0.4 is 5.73 Å². The number of aromatic nitrogens is 2. The molecular formula is C14H22N6O4. The van der Waals surface area contributed by atoms with Gasteiger partial charge in [-0.05, 0) is 29.6 Å². The number of nitrogen functional groups attached to an aromatic ring is 1. The molecule has 0 saturated carbocycles. The summed E-state index contributed by atoms with van der Waals surface area (Å²) in [5, 5.41) is 11.5. The van der Waals surface area contributed by atoms with E-state index in [1.807, 2.05) is 4.90 Å². The molecule has 0 radical (unpaired) electrons. The predicted molar refractivity (Wildman–Crippen MR) is 84.0 cm³/mol. The fourth-order valence-corrected chi connectivity index (χ4v) is 2.76. The van der Waals surface area contributed by atoms with E-state index in [9.17, 15) is 4.79 Å². The van der Waals surface area contributed by atoms with Crippen LogP contribution in [0.1, 0.15) is 25.0 Å². The molecule has 3 heterocycles. The number of oxime groups is 1. The van der Waals surface area contributed by atoms with Gasteiger partial charge in [0.2, 0.25) is 5.84 Å². The third-order valence-corrected chi connectivity index (χ3v) is 4.08. The standard InChI is InChI=1S/C14H22N6O4/c15-13-12(16-24-17-13)14(20-4-2-1-3-5-20)18-23-10-11(21)19-6-8-22-9-7-19/h1-10H2,(H2,15,17)/b18-14+. The molecule has 1 amide bonds. The average molecular weight is 338 g/mol.